The highest BCUT2D eigenvalue weighted by atomic mass is 19.4. The van der Waals surface area contributed by atoms with Crippen molar-refractivity contribution in [1.29, 1.82) is 0 Å². The fourth-order valence-electron chi connectivity index (χ4n) is 1.92. The highest BCUT2D eigenvalue weighted by Gasteiger charge is 2.78. The Balaban J connectivity index is 3.08. The van der Waals surface area contributed by atoms with Gasteiger partial charge in [-0.3, -0.25) is 4.79 Å². The van der Waals surface area contributed by atoms with Gasteiger partial charge in [0.05, 0.1) is 13.2 Å². The second kappa shape index (κ2) is 5.88. The minimum absolute atomic E-state index is 0.0685. The molecule has 0 N–H and O–H groups in total. The molecule has 0 aromatic heterocycles. The normalized spacial score (nSPS) is 32.0. The van der Waals surface area contributed by atoms with Gasteiger partial charge in [-0.05, 0) is 6.92 Å². The van der Waals surface area contributed by atoms with Crippen LogP contribution in [0.5, 0.6) is 0 Å². The van der Waals surface area contributed by atoms with E-state index in [0.717, 1.165) is 6.92 Å². The third-order valence-electron chi connectivity index (χ3n) is 3.07. The van der Waals surface area contributed by atoms with Gasteiger partial charge in [-0.25, -0.2) is 0 Å². The molecule has 1 heterocycles. The monoisotopic (exact) mass is 318 g/mol. The van der Waals surface area contributed by atoms with Crippen molar-refractivity contribution in [2.24, 2.45) is 0 Å². The van der Waals surface area contributed by atoms with E-state index in [0.29, 0.717) is 0 Å². The first kappa shape index (κ1) is 17.8. The van der Waals surface area contributed by atoms with Gasteiger partial charge >= 0.3 is 18.1 Å². The average Bonchev–Trinajstić information content (AvgIpc) is 2.50. The lowest BCUT2D eigenvalue weighted by molar-refractivity contribution is -0.318. The van der Waals surface area contributed by atoms with Crippen LogP contribution < -0.4 is 0 Å². The third kappa shape index (κ3) is 3.18. The third-order valence-corrected chi connectivity index (χ3v) is 3.07. The van der Waals surface area contributed by atoms with Crippen LogP contribution in [0.25, 0.3) is 0 Å². The van der Waals surface area contributed by atoms with E-state index >= 15 is 0 Å². The predicted octanol–water partition coefficient (Wildman–Crippen LogP) is 2.48. The second-order valence-electron chi connectivity index (χ2n) is 4.67. The topological polar surface area (TPSA) is 44.8 Å². The number of halogens is 5. The van der Waals surface area contributed by atoms with Crippen molar-refractivity contribution >= 4 is 5.97 Å². The lowest BCUT2D eigenvalue weighted by Gasteiger charge is -2.32. The Kier molecular flexibility index (Phi) is 4.99. The Morgan fingerprint density at radius 3 is 2.43 bits per heavy atom. The highest BCUT2D eigenvalue weighted by Crippen LogP contribution is 2.53. The zero-order valence-corrected chi connectivity index (χ0v) is 11.4. The maximum Gasteiger partial charge on any atom is 0.423 e. The largest absolute Gasteiger partial charge is 0.453 e. The maximum absolute atomic E-state index is 14.1. The van der Waals surface area contributed by atoms with Gasteiger partial charge in [0.2, 0.25) is 5.60 Å². The number of hydrogen-bond acceptors (Lipinski definition) is 4. The van der Waals surface area contributed by atoms with Gasteiger partial charge in [-0.15, -0.1) is 6.58 Å². The van der Waals surface area contributed by atoms with Crippen LogP contribution in [0.15, 0.2) is 12.7 Å². The molecule has 0 amide bonds. The molecule has 3 unspecified atom stereocenters. The number of carbonyl (C=O) groups is 1. The first-order valence-electron chi connectivity index (χ1n) is 5.95. The van der Waals surface area contributed by atoms with E-state index < -0.39 is 42.5 Å². The molecule has 0 saturated carbocycles. The summed E-state index contributed by atoms with van der Waals surface area (Å²) < 4.78 is 80.5. The smallest absolute Gasteiger partial charge is 0.423 e. The van der Waals surface area contributed by atoms with Crippen molar-refractivity contribution in [2.75, 3.05) is 13.2 Å². The van der Waals surface area contributed by atoms with E-state index in [1.54, 1.807) is 0 Å². The number of carbonyl (C=O) groups excluding carboxylic acids is 1. The molecule has 4 nitrogen and oxygen atoms in total. The van der Waals surface area contributed by atoms with Gasteiger partial charge < -0.3 is 14.2 Å². The zero-order chi connectivity index (χ0) is 16.5. The summed E-state index contributed by atoms with van der Waals surface area (Å²) in [5, 5.41) is 0. The van der Waals surface area contributed by atoms with Crippen LogP contribution in [0.1, 0.15) is 13.8 Å². The van der Waals surface area contributed by atoms with Crippen molar-refractivity contribution in [2.45, 2.75) is 43.8 Å². The van der Waals surface area contributed by atoms with E-state index in [1.807, 2.05) is 0 Å². The Morgan fingerprint density at radius 2 is 2.00 bits per heavy atom. The highest BCUT2D eigenvalue weighted by molar-refractivity contribution is 5.66. The molecular weight excluding hydrogens is 303 g/mol. The van der Waals surface area contributed by atoms with Crippen LogP contribution >= 0.6 is 0 Å². The molecule has 0 bridgehead atoms. The Hall–Kier alpha value is -1.22. The Bertz CT molecular complexity index is 409. The summed E-state index contributed by atoms with van der Waals surface area (Å²) in [6, 6.07) is 0. The Labute approximate surface area is 117 Å². The molecule has 0 aliphatic carbocycles. The van der Waals surface area contributed by atoms with Gasteiger partial charge in [0, 0.05) is 6.92 Å². The van der Waals surface area contributed by atoms with E-state index in [4.69, 9.17) is 4.74 Å². The van der Waals surface area contributed by atoms with E-state index in [2.05, 4.69) is 16.1 Å². The molecule has 21 heavy (non-hydrogen) atoms. The van der Waals surface area contributed by atoms with Gasteiger partial charge in [0.25, 0.3) is 0 Å². The average molecular weight is 318 g/mol. The summed E-state index contributed by atoms with van der Waals surface area (Å²) in [6.07, 6.45) is -8.18. The molecular formula is C12H15F5O4. The standard InChI is InChI=1S/C12H15F5O4/c1-4-5-19-6-8-9(20-7(2)18)11(13,14)10(3,21-8)12(15,16)17/h4,8-9H,1,5-6H2,2-3H3. The van der Waals surface area contributed by atoms with Crippen LogP contribution in [0.3, 0.4) is 0 Å². The summed E-state index contributed by atoms with van der Waals surface area (Å²) in [7, 11) is 0. The number of rotatable bonds is 5. The van der Waals surface area contributed by atoms with Crippen molar-refractivity contribution < 1.29 is 41.0 Å². The van der Waals surface area contributed by atoms with Crippen LogP contribution in [0, 0.1) is 0 Å². The zero-order valence-electron chi connectivity index (χ0n) is 11.4. The van der Waals surface area contributed by atoms with Crippen molar-refractivity contribution in [3.05, 3.63) is 12.7 Å². The van der Waals surface area contributed by atoms with Gasteiger partial charge in [-0.1, -0.05) is 6.08 Å². The Morgan fingerprint density at radius 1 is 1.43 bits per heavy atom. The summed E-state index contributed by atoms with van der Waals surface area (Å²) in [5.41, 5.74) is -3.76. The summed E-state index contributed by atoms with van der Waals surface area (Å²) in [6.45, 7) is 3.69. The summed E-state index contributed by atoms with van der Waals surface area (Å²) in [5.74, 6) is -5.58. The number of esters is 1. The predicted molar refractivity (Wildman–Crippen MR) is 60.9 cm³/mol. The van der Waals surface area contributed by atoms with Gasteiger partial charge in [0.1, 0.15) is 6.10 Å². The quantitative estimate of drug-likeness (QED) is 0.338. The molecule has 1 aliphatic heterocycles. The van der Waals surface area contributed by atoms with Gasteiger partial charge in [0.15, 0.2) is 6.10 Å². The van der Waals surface area contributed by atoms with E-state index in [-0.39, 0.29) is 13.5 Å². The minimum atomic E-state index is -5.35. The molecule has 0 aromatic carbocycles. The first-order valence-corrected chi connectivity index (χ1v) is 5.95. The van der Waals surface area contributed by atoms with Crippen LogP contribution in [0.2, 0.25) is 0 Å². The van der Waals surface area contributed by atoms with E-state index in [1.165, 1.54) is 6.08 Å². The molecule has 0 radical (unpaired) electrons. The molecule has 0 aromatic rings. The first-order chi connectivity index (χ1) is 9.47. The second-order valence-corrected chi connectivity index (χ2v) is 4.67. The molecule has 1 aliphatic rings. The SMILES string of the molecule is C=CCOCC1OC(C)(C(F)(F)F)C(F)(F)C1OC(C)=O. The number of hydrogen-bond donors (Lipinski definition) is 0. The molecule has 9 heteroatoms. The minimum Gasteiger partial charge on any atom is -0.453 e. The lowest BCUT2D eigenvalue weighted by atomic mass is 9.94. The van der Waals surface area contributed by atoms with E-state index in [9.17, 15) is 26.7 Å². The van der Waals surface area contributed by atoms with Crippen LogP contribution in [0.4, 0.5) is 22.0 Å². The van der Waals surface area contributed by atoms with Gasteiger partial charge in [-0.2, -0.15) is 22.0 Å². The molecule has 0 spiro atoms. The van der Waals surface area contributed by atoms with Crippen LogP contribution in [-0.2, 0) is 19.0 Å². The lowest BCUT2D eigenvalue weighted by Crippen LogP contribution is -2.57. The molecule has 1 fully saturated rings. The molecule has 122 valence electrons. The molecule has 3 atom stereocenters. The maximum atomic E-state index is 14.1. The fraction of sp³-hybridized carbons (Fsp3) is 0.750. The number of ether oxygens (including phenoxy) is 3. The van der Waals surface area contributed by atoms with Crippen molar-refractivity contribution in [3.63, 3.8) is 0 Å². The van der Waals surface area contributed by atoms with Crippen LogP contribution in [-0.4, -0.2) is 49.1 Å². The molecule has 1 saturated heterocycles. The fourth-order valence-corrected chi connectivity index (χ4v) is 1.92. The van der Waals surface area contributed by atoms with Crippen molar-refractivity contribution in [3.8, 4) is 0 Å². The number of alkyl halides is 5. The molecule has 1 rings (SSSR count). The van der Waals surface area contributed by atoms with Crippen molar-refractivity contribution in [1.82, 2.24) is 0 Å². The summed E-state index contributed by atoms with van der Waals surface area (Å²) in [4.78, 5) is 10.9. The summed E-state index contributed by atoms with van der Waals surface area (Å²) >= 11 is 0.